The van der Waals surface area contributed by atoms with Crippen molar-refractivity contribution in [1.29, 1.82) is 0 Å². The zero-order chi connectivity index (χ0) is 20.8. The number of aryl methyl sites for hydroxylation is 2. The molecule has 0 aromatic heterocycles. The summed E-state index contributed by atoms with van der Waals surface area (Å²) in [5, 5.41) is 10.2. The van der Waals surface area contributed by atoms with Crippen LogP contribution < -0.4 is 4.90 Å². The standard InChI is InChI=1S/C21H24N2O5S/c1-14-5-3-7-16-13-28-21(25)23(19(14)16)17-9-11-22(12-10-17)29(26,27)18-8-4-6-15(2)20(18)24/h3-8,17,24H,9-13H2,1-2H3. The minimum absolute atomic E-state index is 0.0745. The van der Waals surface area contributed by atoms with E-state index < -0.39 is 10.0 Å². The molecule has 0 atom stereocenters. The molecule has 2 aliphatic heterocycles. The van der Waals surface area contributed by atoms with Crippen molar-refractivity contribution in [3.8, 4) is 5.75 Å². The van der Waals surface area contributed by atoms with Gasteiger partial charge in [-0.2, -0.15) is 4.31 Å². The molecule has 0 aliphatic carbocycles. The molecule has 0 spiro atoms. The van der Waals surface area contributed by atoms with Gasteiger partial charge in [-0.25, -0.2) is 13.2 Å². The number of phenolic OH excluding ortho intramolecular Hbond substituents is 1. The lowest BCUT2D eigenvalue weighted by atomic mass is 10.00. The maximum atomic E-state index is 13.0. The van der Waals surface area contributed by atoms with Crippen LogP contribution in [-0.2, 0) is 21.4 Å². The highest BCUT2D eigenvalue weighted by atomic mass is 32.2. The summed E-state index contributed by atoms with van der Waals surface area (Å²) < 4.78 is 32.8. The number of amides is 1. The molecule has 8 heteroatoms. The maximum Gasteiger partial charge on any atom is 0.414 e. The Kier molecular flexibility index (Phi) is 5.00. The number of piperidine rings is 1. The number of rotatable bonds is 3. The van der Waals surface area contributed by atoms with Crippen molar-refractivity contribution in [2.24, 2.45) is 0 Å². The van der Waals surface area contributed by atoms with Crippen LogP contribution in [0.2, 0.25) is 0 Å². The predicted octanol–water partition coefficient (Wildman–Crippen LogP) is 3.32. The van der Waals surface area contributed by atoms with E-state index in [9.17, 15) is 18.3 Å². The second-order valence-corrected chi connectivity index (χ2v) is 9.47. The van der Waals surface area contributed by atoms with E-state index in [0.29, 0.717) is 18.4 Å². The Morgan fingerprint density at radius 1 is 1.03 bits per heavy atom. The van der Waals surface area contributed by atoms with E-state index in [1.54, 1.807) is 24.0 Å². The van der Waals surface area contributed by atoms with Gasteiger partial charge >= 0.3 is 6.09 Å². The number of nitrogens with zero attached hydrogens (tertiary/aromatic N) is 2. The lowest BCUT2D eigenvalue weighted by Gasteiger charge is -2.40. The Hall–Kier alpha value is -2.58. The summed E-state index contributed by atoms with van der Waals surface area (Å²) in [5.74, 6) is -0.209. The van der Waals surface area contributed by atoms with Crippen molar-refractivity contribution in [3.05, 3.63) is 53.1 Å². The first-order chi connectivity index (χ1) is 13.8. The van der Waals surface area contributed by atoms with Crippen molar-refractivity contribution in [3.63, 3.8) is 0 Å². The summed E-state index contributed by atoms with van der Waals surface area (Å²) in [6, 6.07) is 10.4. The number of para-hydroxylation sites is 2. The number of hydrogen-bond donors (Lipinski definition) is 1. The molecule has 2 heterocycles. The monoisotopic (exact) mass is 416 g/mol. The quantitative estimate of drug-likeness (QED) is 0.829. The summed E-state index contributed by atoms with van der Waals surface area (Å²) in [4.78, 5) is 14.1. The zero-order valence-electron chi connectivity index (χ0n) is 16.5. The number of phenols is 1. The molecule has 1 fully saturated rings. The van der Waals surface area contributed by atoms with Crippen LogP contribution in [-0.4, -0.2) is 43.1 Å². The Morgan fingerprint density at radius 3 is 2.41 bits per heavy atom. The third kappa shape index (κ3) is 3.36. The summed E-state index contributed by atoms with van der Waals surface area (Å²) in [6.45, 7) is 4.43. The number of sulfonamides is 1. The first-order valence-electron chi connectivity index (χ1n) is 9.64. The predicted molar refractivity (Wildman–Crippen MR) is 108 cm³/mol. The van der Waals surface area contributed by atoms with Crippen LogP contribution in [0.4, 0.5) is 10.5 Å². The molecule has 2 aromatic rings. The molecule has 0 bridgehead atoms. The van der Waals surface area contributed by atoms with Crippen LogP contribution in [0.3, 0.4) is 0 Å². The average Bonchev–Trinajstić information content (AvgIpc) is 2.70. The number of carbonyl (C=O) groups excluding carboxylic acids is 1. The van der Waals surface area contributed by atoms with Crippen molar-refractivity contribution >= 4 is 21.8 Å². The van der Waals surface area contributed by atoms with Crippen LogP contribution in [0, 0.1) is 13.8 Å². The van der Waals surface area contributed by atoms with Crippen molar-refractivity contribution in [2.75, 3.05) is 18.0 Å². The second kappa shape index (κ2) is 7.35. The van der Waals surface area contributed by atoms with E-state index >= 15 is 0 Å². The van der Waals surface area contributed by atoms with Gasteiger partial charge in [0.25, 0.3) is 0 Å². The molecule has 0 radical (unpaired) electrons. The Bertz CT molecular complexity index is 1060. The Morgan fingerprint density at radius 2 is 1.69 bits per heavy atom. The van der Waals surface area contributed by atoms with Gasteiger partial charge in [-0.05, 0) is 43.9 Å². The van der Waals surface area contributed by atoms with Crippen LogP contribution in [0.25, 0.3) is 0 Å². The minimum atomic E-state index is -3.80. The summed E-state index contributed by atoms with van der Waals surface area (Å²) >= 11 is 0. The molecule has 2 aromatic carbocycles. The largest absolute Gasteiger partial charge is 0.506 e. The van der Waals surface area contributed by atoms with Gasteiger partial charge in [-0.15, -0.1) is 0 Å². The van der Waals surface area contributed by atoms with E-state index in [4.69, 9.17) is 4.74 Å². The molecule has 2 aliphatic rings. The molecule has 1 saturated heterocycles. The van der Waals surface area contributed by atoms with Crippen molar-refractivity contribution in [2.45, 2.75) is 44.2 Å². The molecular weight excluding hydrogens is 392 g/mol. The van der Waals surface area contributed by atoms with Gasteiger partial charge in [0, 0.05) is 24.7 Å². The molecule has 1 amide bonds. The van der Waals surface area contributed by atoms with Gasteiger partial charge in [-0.3, -0.25) is 4.90 Å². The SMILES string of the molecule is Cc1cccc(S(=O)(=O)N2CCC(N3C(=O)OCc4cccc(C)c43)CC2)c1O. The fourth-order valence-electron chi connectivity index (χ4n) is 4.13. The molecular formula is C21H24N2O5S. The molecule has 7 nitrogen and oxygen atoms in total. The molecule has 154 valence electrons. The number of fused-ring (bicyclic) bond motifs is 1. The topological polar surface area (TPSA) is 87.2 Å². The molecule has 0 unspecified atom stereocenters. The van der Waals surface area contributed by atoms with Gasteiger partial charge in [0.15, 0.2) is 0 Å². The summed E-state index contributed by atoms with van der Waals surface area (Å²) in [7, 11) is -3.80. The third-order valence-electron chi connectivity index (χ3n) is 5.72. The first-order valence-corrected chi connectivity index (χ1v) is 11.1. The van der Waals surface area contributed by atoms with E-state index in [1.165, 1.54) is 10.4 Å². The first kappa shape index (κ1) is 19.7. The average molecular weight is 416 g/mol. The van der Waals surface area contributed by atoms with Crippen LogP contribution in [0.1, 0.15) is 29.5 Å². The van der Waals surface area contributed by atoms with Gasteiger partial charge < -0.3 is 9.84 Å². The van der Waals surface area contributed by atoms with Crippen LogP contribution in [0.15, 0.2) is 41.3 Å². The Labute approximate surface area is 170 Å². The van der Waals surface area contributed by atoms with Crippen LogP contribution >= 0.6 is 0 Å². The number of carbonyl (C=O) groups is 1. The molecule has 0 saturated carbocycles. The lowest BCUT2D eigenvalue weighted by Crippen LogP contribution is -2.50. The summed E-state index contributed by atoms with van der Waals surface area (Å²) in [6.07, 6.45) is 0.605. The van der Waals surface area contributed by atoms with Gasteiger partial charge in [-0.1, -0.05) is 30.3 Å². The zero-order valence-corrected chi connectivity index (χ0v) is 17.3. The van der Waals surface area contributed by atoms with Gasteiger partial charge in [0.2, 0.25) is 10.0 Å². The highest BCUT2D eigenvalue weighted by Crippen LogP contribution is 2.36. The van der Waals surface area contributed by atoms with Crippen LogP contribution in [0.5, 0.6) is 5.75 Å². The fourth-order valence-corrected chi connectivity index (χ4v) is 5.76. The number of benzene rings is 2. The second-order valence-electron chi connectivity index (χ2n) is 7.56. The van der Waals surface area contributed by atoms with Gasteiger partial charge in [0.1, 0.15) is 17.3 Å². The third-order valence-corrected chi connectivity index (χ3v) is 7.65. The number of anilines is 1. The fraction of sp³-hybridized carbons (Fsp3) is 0.381. The highest BCUT2D eigenvalue weighted by molar-refractivity contribution is 7.89. The van der Waals surface area contributed by atoms with Crippen molar-refractivity contribution in [1.82, 2.24) is 4.31 Å². The maximum absolute atomic E-state index is 13.0. The summed E-state index contributed by atoms with van der Waals surface area (Å²) in [5.41, 5.74) is 3.36. The molecule has 1 N–H and O–H groups in total. The normalized spacial score (nSPS) is 18.4. The molecule has 29 heavy (non-hydrogen) atoms. The molecule has 4 rings (SSSR count). The van der Waals surface area contributed by atoms with E-state index in [-0.39, 0.29) is 42.5 Å². The smallest absolute Gasteiger partial charge is 0.414 e. The van der Waals surface area contributed by atoms with Crippen molar-refractivity contribution < 1.29 is 23.1 Å². The van der Waals surface area contributed by atoms with E-state index in [1.807, 2.05) is 25.1 Å². The minimum Gasteiger partial charge on any atom is -0.506 e. The van der Waals surface area contributed by atoms with Gasteiger partial charge in [0.05, 0.1) is 5.69 Å². The number of hydrogen-bond acceptors (Lipinski definition) is 5. The number of cyclic esters (lactones) is 1. The highest BCUT2D eigenvalue weighted by Gasteiger charge is 2.38. The Balaban J connectivity index is 1.56. The van der Waals surface area contributed by atoms with E-state index in [0.717, 1.165) is 16.8 Å². The number of aromatic hydroxyl groups is 1. The lowest BCUT2D eigenvalue weighted by molar-refractivity contribution is 0.135. The number of ether oxygens (including phenoxy) is 1. The van der Waals surface area contributed by atoms with E-state index in [2.05, 4.69) is 0 Å².